The molecule has 1 unspecified atom stereocenters. The van der Waals surface area contributed by atoms with Gasteiger partial charge in [0.25, 0.3) is 0 Å². The number of likely N-dealkylation sites (N-methyl/N-ethyl adjacent to an activating group) is 1. The molecule has 21 heavy (non-hydrogen) atoms. The van der Waals surface area contributed by atoms with Crippen molar-refractivity contribution in [1.29, 1.82) is 0 Å². The average Bonchev–Trinajstić information content (AvgIpc) is 2.90. The normalized spacial score (nSPS) is 18.7. The van der Waals surface area contributed by atoms with Crippen molar-refractivity contribution in [2.24, 2.45) is 7.05 Å². The predicted molar refractivity (Wildman–Crippen MR) is 80.8 cm³/mol. The minimum absolute atomic E-state index is 0.219. The summed E-state index contributed by atoms with van der Waals surface area (Å²) in [6, 6.07) is 10.5. The Hall–Kier alpha value is -1.72. The fraction of sp³-hybridized carbons (Fsp3) is 0.500. The van der Waals surface area contributed by atoms with Gasteiger partial charge in [-0.1, -0.05) is 42.5 Å². The van der Waals surface area contributed by atoms with Crippen LogP contribution in [0.1, 0.15) is 29.9 Å². The second-order valence-corrected chi connectivity index (χ2v) is 5.44. The number of aromatic nitrogens is 3. The third-order valence-corrected chi connectivity index (χ3v) is 4.16. The molecule has 0 saturated carbocycles. The van der Waals surface area contributed by atoms with Crippen molar-refractivity contribution in [1.82, 2.24) is 19.9 Å². The molecule has 2 aromatic rings. The van der Waals surface area contributed by atoms with E-state index < -0.39 is 0 Å². The maximum Gasteiger partial charge on any atom is 0.105 e. The second kappa shape index (κ2) is 6.37. The van der Waals surface area contributed by atoms with Crippen LogP contribution in [0, 0.1) is 0 Å². The largest absolute Gasteiger partial charge is 0.375 e. The zero-order chi connectivity index (χ0) is 14.7. The third-order valence-electron chi connectivity index (χ3n) is 4.16. The van der Waals surface area contributed by atoms with E-state index in [-0.39, 0.29) is 6.04 Å². The van der Waals surface area contributed by atoms with Crippen molar-refractivity contribution in [3.63, 3.8) is 0 Å². The highest BCUT2D eigenvalue weighted by atomic mass is 16.5. The third kappa shape index (κ3) is 2.99. The standard InChI is InChI=1S/C16H22N4O/c1-3-20-10-9-14-16(17-18-19(14)2)15(20)12-21-11-13-7-5-4-6-8-13/h4-8,15H,3,9-12H2,1-2H3. The minimum Gasteiger partial charge on any atom is -0.375 e. The van der Waals surface area contributed by atoms with Crippen LogP contribution in [0.15, 0.2) is 30.3 Å². The van der Waals surface area contributed by atoms with Crippen LogP contribution in [0.2, 0.25) is 0 Å². The maximum absolute atomic E-state index is 5.94. The molecule has 1 aliphatic rings. The van der Waals surface area contributed by atoms with Crippen LogP contribution >= 0.6 is 0 Å². The lowest BCUT2D eigenvalue weighted by Gasteiger charge is -2.33. The first kappa shape index (κ1) is 14.2. The van der Waals surface area contributed by atoms with E-state index in [1.807, 2.05) is 29.9 Å². The van der Waals surface area contributed by atoms with Crippen LogP contribution in [0.4, 0.5) is 0 Å². The summed E-state index contributed by atoms with van der Waals surface area (Å²) in [5.41, 5.74) is 3.53. The molecule has 0 amide bonds. The lowest BCUT2D eigenvalue weighted by Crippen LogP contribution is -2.38. The van der Waals surface area contributed by atoms with Gasteiger partial charge in [-0.3, -0.25) is 9.58 Å². The Bertz CT molecular complexity index is 581. The Kier molecular flexibility index (Phi) is 4.31. The van der Waals surface area contributed by atoms with Crippen molar-refractivity contribution in [3.8, 4) is 0 Å². The molecule has 3 rings (SSSR count). The number of hydrogen-bond acceptors (Lipinski definition) is 4. The first-order chi connectivity index (χ1) is 10.3. The Balaban J connectivity index is 1.67. The summed E-state index contributed by atoms with van der Waals surface area (Å²) < 4.78 is 7.83. The maximum atomic E-state index is 5.94. The molecular weight excluding hydrogens is 264 g/mol. The highest BCUT2D eigenvalue weighted by Crippen LogP contribution is 2.27. The molecular formula is C16H22N4O. The number of aryl methyl sites for hydroxylation is 1. The molecule has 5 heteroatoms. The summed E-state index contributed by atoms with van der Waals surface area (Å²) in [5, 5.41) is 8.52. The van der Waals surface area contributed by atoms with Gasteiger partial charge in [0.2, 0.25) is 0 Å². The number of benzene rings is 1. The highest BCUT2D eigenvalue weighted by molar-refractivity contribution is 5.19. The highest BCUT2D eigenvalue weighted by Gasteiger charge is 2.30. The van der Waals surface area contributed by atoms with Crippen LogP contribution in [0.25, 0.3) is 0 Å². The van der Waals surface area contributed by atoms with Crippen LogP contribution in [-0.2, 0) is 24.8 Å². The average molecular weight is 286 g/mol. The summed E-state index contributed by atoms with van der Waals surface area (Å²) in [5.74, 6) is 0. The minimum atomic E-state index is 0.219. The smallest absolute Gasteiger partial charge is 0.105 e. The lowest BCUT2D eigenvalue weighted by atomic mass is 10.0. The van der Waals surface area contributed by atoms with Crippen molar-refractivity contribution >= 4 is 0 Å². The Morgan fingerprint density at radius 1 is 1.29 bits per heavy atom. The summed E-state index contributed by atoms with van der Waals surface area (Å²) in [7, 11) is 1.97. The topological polar surface area (TPSA) is 43.2 Å². The molecule has 0 saturated heterocycles. The predicted octanol–water partition coefficient (Wildman–Crippen LogP) is 1.95. The molecule has 0 N–H and O–H groups in total. The van der Waals surface area contributed by atoms with E-state index in [1.54, 1.807) is 0 Å². The van der Waals surface area contributed by atoms with Crippen LogP contribution < -0.4 is 0 Å². The monoisotopic (exact) mass is 286 g/mol. The molecule has 1 atom stereocenters. The zero-order valence-electron chi connectivity index (χ0n) is 12.7. The zero-order valence-corrected chi connectivity index (χ0v) is 12.7. The van der Waals surface area contributed by atoms with Gasteiger partial charge in [-0.05, 0) is 12.1 Å². The molecule has 5 nitrogen and oxygen atoms in total. The van der Waals surface area contributed by atoms with Gasteiger partial charge < -0.3 is 4.74 Å². The molecule has 0 radical (unpaired) electrons. The molecule has 1 aliphatic heterocycles. The van der Waals surface area contributed by atoms with Crippen LogP contribution in [-0.4, -0.2) is 39.6 Å². The van der Waals surface area contributed by atoms with E-state index in [2.05, 4.69) is 34.3 Å². The van der Waals surface area contributed by atoms with E-state index in [0.717, 1.165) is 25.2 Å². The number of hydrogen-bond donors (Lipinski definition) is 0. The fourth-order valence-electron chi connectivity index (χ4n) is 2.95. The molecule has 0 fully saturated rings. The summed E-state index contributed by atoms with van der Waals surface area (Å²) >= 11 is 0. The summed E-state index contributed by atoms with van der Waals surface area (Å²) in [6.07, 6.45) is 1.02. The van der Waals surface area contributed by atoms with Gasteiger partial charge in [-0.15, -0.1) is 5.10 Å². The van der Waals surface area contributed by atoms with Crippen LogP contribution in [0.3, 0.4) is 0 Å². The van der Waals surface area contributed by atoms with Gasteiger partial charge in [0.05, 0.1) is 24.9 Å². The van der Waals surface area contributed by atoms with E-state index in [0.29, 0.717) is 13.2 Å². The van der Waals surface area contributed by atoms with Crippen molar-refractivity contribution < 1.29 is 4.74 Å². The number of fused-ring (bicyclic) bond motifs is 1. The quantitative estimate of drug-likeness (QED) is 0.842. The van der Waals surface area contributed by atoms with Crippen molar-refractivity contribution in [3.05, 3.63) is 47.3 Å². The van der Waals surface area contributed by atoms with Gasteiger partial charge in [0, 0.05) is 20.0 Å². The molecule has 0 spiro atoms. The first-order valence-electron chi connectivity index (χ1n) is 7.53. The Morgan fingerprint density at radius 2 is 2.10 bits per heavy atom. The second-order valence-electron chi connectivity index (χ2n) is 5.44. The molecule has 1 aromatic heterocycles. The van der Waals surface area contributed by atoms with E-state index in [4.69, 9.17) is 4.74 Å². The number of rotatable bonds is 5. The number of nitrogens with zero attached hydrogens (tertiary/aromatic N) is 4. The van der Waals surface area contributed by atoms with Gasteiger partial charge in [-0.2, -0.15) is 0 Å². The fourth-order valence-corrected chi connectivity index (χ4v) is 2.95. The molecule has 112 valence electrons. The van der Waals surface area contributed by atoms with Gasteiger partial charge >= 0.3 is 0 Å². The number of ether oxygens (including phenoxy) is 1. The lowest BCUT2D eigenvalue weighted by molar-refractivity contribution is 0.0448. The van der Waals surface area contributed by atoms with E-state index >= 15 is 0 Å². The van der Waals surface area contributed by atoms with E-state index in [9.17, 15) is 0 Å². The molecule has 0 bridgehead atoms. The summed E-state index contributed by atoms with van der Waals surface area (Å²) in [6.45, 7) is 5.55. The summed E-state index contributed by atoms with van der Waals surface area (Å²) in [4.78, 5) is 2.42. The Morgan fingerprint density at radius 3 is 2.86 bits per heavy atom. The SMILES string of the molecule is CCN1CCc2c(nnn2C)C1COCc1ccccc1. The molecule has 2 heterocycles. The van der Waals surface area contributed by atoms with Crippen LogP contribution in [0.5, 0.6) is 0 Å². The van der Waals surface area contributed by atoms with E-state index in [1.165, 1.54) is 11.3 Å². The van der Waals surface area contributed by atoms with Crippen molar-refractivity contribution in [2.45, 2.75) is 26.0 Å². The molecule has 1 aromatic carbocycles. The Labute approximate surface area is 125 Å². The van der Waals surface area contributed by atoms with Gasteiger partial charge in [-0.25, -0.2) is 0 Å². The van der Waals surface area contributed by atoms with Gasteiger partial charge in [0.15, 0.2) is 0 Å². The first-order valence-corrected chi connectivity index (χ1v) is 7.53. The van der Waals surface area contributed by atoms with Crippen molar-refractivity contribution in [2.75, 3.05) is 19.7 Å². The molecule has 0 aliphatic carbocycles. The van der Waals surface area contributed by atoms with Gasteiger partial charge in [0.1, 0.15) is 5.69 Å².